The van der Waals surface area contributed by atoms with Gasteiger partial charge >= 0.3 is 6.09 Å². The van der Waals surface area contributed by atoms with Crippen molar-refractivity contribution in [1.82, 2.24) is 9.96 Å². The third-order valence-electron chi connectivity index (χ3n) is 2.77. The van der Waals surface area contributed by atoms with E-state index < -0.39 is 5.60 Å². The molecule has 100 valence electrons. The van der Waals surface area contributed by atoms with Gasteiger partial charge in [-0.15, -0.1) is 0 Å². The van der Waals surface area contributed by atoms with Crippen molar-refractivity contribution in [3.05, 3.63) is 0 Å². The van der Waals surface area contributed by atoms with Crippen molar-refractivity contribution >= 4 is 6.09 Å². The molecule has 1 rings (SSSR count). The standard InChI is InChI=1S/C12H24N2O3/c1-6-14(16-5)10-7-8-13(9-10)11(15)17-12(2,3)4/h10H,6-9H2,1-5H3. The number of nitrogens with zero attached hydrogens (tertiary/aromatic N) is 2. The fourth-order valence-electron chi connectivity index (χ4n) is 2.01. The molecule has 0 bridgehead atoms. The van der Waals surface area contributed by atoms with Gasteiger partial charge in [0.25, 0.3) is 0 Å². The summed E-state index contributed by atoms with van der Waals surface area (Å²) in [6, 6.07) is 0.275. The van der Waals surface area contributed by atoms with Gasteiger partial charge in [-0.2, -0.15) is 5.06 Å². The largest absolute Gasteiger partial charge is 0.444 e. The molecule has 0 aliphatic carbocycles. The van der Waals surface area contributed by atoms with Gasteiger partial charge in [0, 0.05) is 19.6 Å². The lowest BCUT2D eigenvalue weighted by atomic mass is 10.2. The Morgan fingerprint density at radius 2 is 2.12 bits per heavy atom. The number of likely N-dealkylation sites (N-methyl/N-ethyl adjacent to an activating group) is 1. The molecule has 17 heavy (non-hydrogen) atoms. The summed E-state index contributed by atoms with van der Waals surface area (Å²) in [5.74, 6) is 0. The van der Waals surface area contributed by atoms with E-state index in [2.05, 4.69) is 0 Å². The monoisotopic (exact) mass is 244 g/mol. The van der Waals surface area contributed by atoms with Gasteiger partial charge in [0.05, 0.1) is 13.2 Å². The molecule has 1 fully saturated rings. The first-order chi connectivity index (χ1) is 7.87. The van der Waals surface area contributed by atoms with Gasteiger partial charge in [0.2, 0.25) is 0 Å². The molecule has 1 saturated heterocycles. The zero-order valence-corrected chi connectivity index (χ0v) is 11.5. The van der Waals surface area contributed by atoms with E-state index in [0.29, 0.717) is 6.54 Å². The minimum atomic E-state index is -0.430. The second-order valence-corrected chi connectivity index (χ2v) is 5.28. The highest BCUT2D eigenvalue weighted by molar-refractivity contribution is 5.68. The molecule has 5 heteroatoms. The van der Waals surface area contributed by atoms with Gasteiger partial charge < -0.3 is 14.5 Å². The van der Waals surface area contributed by atoms with Gasteiger partial charge in [-0.05, 0) is 27.2 Å². The number of hydrogen-bond acceptors (Lipinski definition) is 4. The van der Waals surface area contributed by atoms with Crippen LogP contribution in [-0.4, -0.2) is 54.4 Å². The third-order valence-corrected chi connectivity index (χ3v) is 2.77. The molecule has 1 atom stereocenters. The number of rotatable bonds is 3. The van der Waals surface area contributed by atoms with Crippen LogP contribution in [-0.2, 0) is 9.57 Å². The van der Waals surface area contributed by atoms with E-state index in [1.54, 1.807) is 12.0 Å². The summed E-state index contributed by atoms with van der Waals surface area (Å²) in [4.78, 5) is 18.9. The number of hydroxylamine groups is 2. The van der Waals surface area contributed by atoms with Gasteiger partial charge in [-0.25, -0.2) is 4.79 Å². The Morgan fingerprint density at radius 3 is 2.59 bits per heavy atom. The lowest BCUT2D eigenvalue weighted by Gasteiger charge is -2.26. The Bertz CT molecular complexity index is 259. The molecule has 1 aliphatic rings. The lowest BCUT2D eigenvalue weighted by molar-refractivity contribution is -0.154. The quantitative estimate of drug-likeness (QED) is 0.711. The average Bonchev–Trinajstić information content (AvgIpc) is 2.66. The summed E-state index contributed by atoms with van der Waals surface area (Å²) in [6.45, 7) is 9.92. The van der Waals surface area contributed by atoms with E-state index in [9.17, 15) is 4.79 Å². The lowest BCUT2D eigenvalue weighted by Crippen LogP contribution is -2.40. The molecule has 0 aromatic heterocycles. The normalized spacial score (nSPS) is 21.1. The summed E-state index contributed by atoms with van der Waals surface area (Å²) in [5, 5.41) is 1.91. The smallest absolute Gasteiger partial charge is 0.410 e. The van der Waals surface area contributed by atoms with Crippen molar-refractivity contribution in [2.45, 2.75) is 45.8 Å². The van der Waals surface area contributed by atoms with Gasteiger partial charge in [-0.3, -0.25) is 0 Å². The number of hydrogen-bond donors (Lipinski definition) is 0. The van der Waals surface area contributed by atoms with E-state index in [1.165, 1.54) is 0 Å². The maximum atomic E-state index is 11.9. The maximum absolute atomic E-state index is 11.9. The zero-order chi connectivity index (χ0) is 13.1. The second-order valence-electron chi connectivity index (χ2n) is 5.28. The molecule has 1 amide bonds. The number of carbonyl (C=O) groups excluding carboxylic acids is 1. The van der Waals surface area contributed by atoms with Crippen molar-refractivity contribution in [2.24, 2.45) is 0 Å². The summed E-state index contributed by atoms with van der Waals surface area (Å²) < 4.78 is 5.34. The minimum absolute atomic E-state index is 0.229. The maximum Gasteiger partial charge on any atom is 0.410 e. The number of ether oxygens (including phenoxy) is 1. The zero-order valence-electron chi connectivity index (χ0n) is 11.5. The van der Waals surface area contributed by atoms with Crippen LogP contribution >= 0.6 is 0 Å². The third kappa shape index (κ3) is 4.16. The Balaban J connectivity index is 2.47. The van der Waals surface area contributed by atoms with E-state index in [1.807, 2.05) is 32.8 Å². The topological polar surface area (TPSA) is 42.0 Å². The molecule has 0 aromatic carbocycles. The summed E-state index contributed by atoms with van der Waals surface area (Å²) in [6.07, 6.45) is 0.702. The summed E-state index contributed by atoms with van der Waals surface area (Å²) >= 11 is 0. The molecule has 0 spiro atoms. The Labute approximate surface area is 104 Å². The molecule has 1 heterocycles. The first-order valence-electron chi connectivity index (χ1n) is 6.16. The number of amides is 1. The Hall–Kier alpha value is -0.810. The molecular formula is C12H24N2O3. The predicted octanol–water partition coefficient (Wildman–Crippen LogP) is 1.88. The van der Waals surface area contributed by atoms with Crippen molar-refractivity contribution in [3.8, 4) is 0 Å². The molecule has 1 unspecified atom stereocenters. The fourth-order valence-corrected chi connectivity index (χ4v) is 2.01. The molecule has 0 saturated carbocycles. The molecular weight excluding hydrogens is 220 g/mol. The average molecular weight is 244 g/mol. The van der Waals surface area contributed by atoms with E-state index >= 15 is 0 Å². The van der Waals surface area contributed by atoms with Crippen molar-refractivity contribution in [2.75, 3.05) is 26.7 Å². The molecule has 0 radical (unpaired) electrons. The van der Waals surface area contributed by atoms with Crippen LogP contribution in [0.15, 0.2) is 0 Å². The van der Waals surface area contributed by atoms with E-state index in [4.69, 9.17) is 9.57 Å². The highest BCUT2D eigenvalue weighted by Crippen LogP contribution is 2.18. The van der Waals surface area contributed by atoms with Crippen molar-refractivity contribution in [3.63, 3.8) is 0 Å². The highest BCUT2D eigenvalue weighted by Gasteiger charge is 2.32. The van der Waals surface area contributed by atoms with Gasteiger partial charge in [-0.1, -0.05) is 6.92 Å². The molecule has 1 aliphatic heterocycles. The SMILES string of the molecule is CCN(OC)C1CCN(C(=O)OC(C)(C)C)C1. The van der Waals surface area contributed by atoms with Crippen molar-refractivity contribution in [1.29, 1.82) is 0 Å². The molecule has 5 nitrogen and oxygen atoms in total. The van der Waals surface area contributed by atoms with Crippen LogP contribution in [0.4, 0.5) is 4.79 Å². The second kappa shape index (κ2) is 5.69. The Morgan fingerprint density at radius 1 is 1.47 bits per heavy atom. The number of carbonyl (C=O) groups is 1. The van der Waals surface area contributed by atoms with E-state index in [0.717, 1.165) is 19.5 Å². The Kier molecular flexibility index (Phi) is 4.77. The number of likely N-dealkylation sites (tertiary alicyclic amines) is 1. The van der Waals surface area contributed by atoms with Gasteiger partial charge in [0.1, 0.15) is 5.60 Å². The van der Waals surface area contributed by atoms with Crippen LogP contribution in [0, 0.1) is 0 Å². The molecule has 0 aromatic rings. The molecule has 0 N–H and O–H groups in total. The van der Waals surface area contributed by atoms with Crippen LogP contribution < -0.4 is 0 Å². The van der Waals surface area contributed by atoms with Crippen LogP contribution in [0.2, 0.25) is 0 Å². The van der Waals surface area contributed by atoms with Crippen LogP contribution in [0.1, 0.15) is 34.1 Å². The van der Waals surface area contributed by atoms with E-state index in [-0.39, 0.29) is 12.1 Å². The van der Waals surface area contributed by atoms with Crippen LogP contribution in [0.5, 0.6) is 0 Å². The van der Waals surface area contributed by atoms with Crippen LogP contribution in [0.25, 0.3) is 0 Å². The van der Waals surface area contributed by atoms with Crippen LogP contribution in [0.3, 0.4) is 0 Å². The highest BCUT2D eigenvalue weighted by atomic mass is 16.7. The van der Waals surface area contributed by atoms with Crippen molar-refractivity contribution < 1.29 is 14.4 Å². The fraction of sp³-hybridized carbons (Fsp3) is 0.917. The predicted molar refractivity (Wildman–Crippen MR) is 65.6 cm³/mol. The summed E-state index contributed by atoms with van der Waals surface area (Å²) in [7, 11) is 1.67. The first-order valence-corrected chi connectivity index (χ1v) is 6.16. The van der Waals surface area contributed by atoms with Gasteiger partial charge in [0.15, 0.2) is 0 Å². The first kappa shape index (κ1) is 14.3. The summed E-state index contributed by atoms with van der Waals surface area (Å²) in [5.41, 5.74) is -0.430. The minimum Gasteiger partial charge on any atom is -0.444 e.